The first-order valence-corrected chi connectivity index (χ1v) is 6.17. The molecule has 1 heterocycles. The SMILES string of the molecule is Fc1cc2c(cc1Cl)NCC(c1ccccc1F)O2. The van der Waals surface area contributed by atoms with Gasteiger partial charge in [0.15, 0.2) is 0 Å². The Hall–Kier alpha value is -1.81. The van der Waals surface area contributed by atoms with Crippen molar-refractivity contribution in [1.29, 1.82) is 0 Å². The van der Waals surface area contributed by atoms with E-state index in [-0.39, 0.29) is 10.8 Å². The van der Waals surface area contributed by atoms with E-state index in [0.29, 0.717) is 23.5 Å². The van der Waals surface area contributed by atoms with Gasteiger partial charge in [0.2, 0.25) is 0 Å². The van der Waals surface area contributed by atoms with E-state index in [4.69, 9.17) is 16.3 Å². The molecule has 1 N–H and O–H groups in total. The van der Waals surface area contributed by atoms with Crippen LogP contribution >= 0.6 is 11.6 Å². The molecule has 0 aromatic heterocycles. The molecule has 0 fully saturated rings. The summed E-state index contributed by atoms with van der Waals surface area (Å²) in [5.74, 6) is -0.565. The van der Waals surface area contributed by atoms with Gasteiger partial charge in [0.1, 0.15) is 23.5 Å². The van der Waals surface area contributed by atoms with Crippen molar-refractivity contribution in [1.82, 2.24) is 0 Å². The third kappa shape index (κ3) is 2.24. The second-order valence-electron chi connectivity index (χ2n) is 4.27. The number of hydrogen-bond acceptors (Lipinski definition) is 2. The first-order chi connectivity index (χ1) is 9.15. The van der Waals surface area contributed by atoms with Crippen LogP contribution in [0.4, 0.5) is 14.5 Å². The third-order valence-corrected chi connectivity index (χ3v) is 3.31. The molecule has 0 bridgehead atoms. The van der Waals surface area contributed by atoms with Crippen LogP contribution in [0.2, 0.25) is 5.02 Å². The summed E-state index contributed by atoms with van der Waals surface area (Å²) in [6.07, 6.45) is -0.491. The molecule has 1 atom stereocenters. The Bertz CT molecular complexity index is 633. The number of anilines is 1. The van der Waals surface area contributed by atoms with Crippen molar-refractivity contribution in [2.45, 2.75) is 6.10 Å². The molecule has 2 aromatic carbocycles. The van der Waals surface area contributed by atoms with Gasteiger partial charge >= 0.3 is 0 Å². The van der Waals surface area contributed by atoms with Crippen LogP contribution in [0, 0.1) is 11.6 Å². The lowest BCUT2D eigenvalue weighted by atomic mass is 10.1. The molecule has 0 saturated carbocycles. The molecule has 2 aromatic rings. The van der Waals surface area contributed by atoms with Crippen LogP contribution in [0.15, 0.2) is 36.4 Å². The standard InChI is InChI=1S/C14H10ClF2NO/c15-9-5-12-13(6-11(9)17)19-14(7-18-12)8-3-1-2-4-10(8)16/h1-6,14,18H,7H2. The highest BCUT2D eigenvalue weighted by atomic mass is 35.5. The number of ether oxygens (including phenoxy) is 1. The first kappa shape index (κ1) is 12.2. The van der Waals surface area contributed by atoms with Gasteiger partial charge < -0.3 is 10.1 Å². The second-order valence-corrected chi connectivity index (χ2v) is 4.68. The van der Waals surface area contributed by atoms with E-state index in [2.05, 4.69) is 5.32 Å². The maximum atomic E-state index is 13.7. The highest BCUT2D eigenvalue weighted by Crippen LogP contribution is 2.37. The molecule has 1 aliphatic rings. The summed E-state index contributed by atoms with van der Waals surface area (Å²) in [6, 6.07) is 9.04. The largest absolute Gasteiger partial charge is 0.481 e. The molecular weight excluding hydrogens is 272 g/mol. The quantitative estimate of drug-likeness (QED) is 0.847. The minimum Gasteiger partial charge on any atom is -0.481 e. The molecule has 5 heteroatoms. The fraction of sp³-hybridized carbons (Fsp3) is 0.143. The molecule has 0 saturated heterocycles. The highest BCUT2D eigenvalue weighted by Gasteiger charge is 2.24. The Labute approximate surface area is 114 Å². The molecule has 0 spiro atoms. The average molecular weight is 282 g/mol. The van der Waals surface area contributed by atoms with Gasteiger partial charge in [-0.05, 0) is 12.1 Å². The van der Waals surface area contributed by atoms with Crippen molar-refractivity contribution in [2.75, 3.05) is 11.9 Å². The molecule has 19 heavy (non-hydrogen) atoms. The maximum Gasteiger partial charge on any atom is 0.146 e. The van der Waals surface area contributed by atoms with Crippen LogP contribution in [0.25, 0.3) is 0 Å². The van der Waals surface area contributed by atoms with Crippen molar-refractivity contribution < 1.29 is 13.5 Å². The zero-order chi connectivity index (χ0) is 13.4. The smallest absolute Gasteiger partial charge is 0.146 e. The van der Waals surface area contributed by atoms with Gasteiger partial charge in [-0.25, -0.2) is 8.78 Å². The Morgan fingerprint density at radius 1 is 1.16 bits per heavy atom. The van der Waals surface area contributed by atoms with Crippen LogP contribution in [0.3, 0.4) is 0 Å². The van der Waals surface area contributed by atoms with Crippen molar-refractivity contribution >= 4 is 17.3 Å². The molecule has 1 aliphatic heterocycles. The molecule has 1 unspecified atom stereocenters. The summed E-state index contributed by atoms with van der Waals surface area (Å²) in [6.45, 7) is 0.399. The number of halogens is 3. The second kappa shape index (κ2) is 4.70. The summed E-state index contributed by atoms with van der Waals surface area (Å²) in [4.78, 5) is 0. The number of rotatable bonds is 1. The van der Waals surface area contributed by atoms with Crippen LogP contribution < -0.4 is 10.1 Å². The minimum atomic E-state index is -0.559. The lowest BCUT2D eigenvalue weighted by Gasteiger charge is -2.28. The summed E-state index contributed by atoms with van der Waals surface area (Å²) < 4.78 is 32.7. The van der Waals surface area contributed by atoms with Crippen LogP contribution in [0.5, 0.6) is 5.75 Å². The lowest BCUT2D eigenvalue weighted by Crippen LogP contribution is -2.24. The minimum absolute atomic E-state index is 0.0270. The van der Waals surface area contributed by atoms with E-state index in [9.17, 15) is 8.78 Å². The normalized spacial score (nSPS) is 17.3. The summed E-state index contributed by atoms with van der Waals surface area (Å²) in [7, 11) is 0. The van der Waals surface area contributed by atoms with Gasteiger partial charge in [0, 0.05) is 11.6 Å². The predicted molar refractivity (Wildman–Crippen MR) is 69.7 cm³/mol. The summed E-state index contributed by atoms with van der Waals surface area (Å²) in [5.41, 5.74) is 1.05. The predicted octanol–water partition coefficient (Wildman–Crippen LogP) is 4.16. The molecule has 0 amide bonds. The molecule has 0 radical (unpaired) electrons. The van der Waals surface area contributed by atoms with Gasteiger partial charge in [0.05, 0.1) is 17.3 Å². The van der Waals surface area contributed by atoms with Crippen LogP contribution in [-0.4, -0.2) is 6.54 Å². The van der Waals surface area contributed by atoms with Crippen molar-refractivity contribution in [3.8, 4) is 5.75 Å². The van der Waals surface area contributed by atoms with E-state index in [0.717, 1.165) is 0 Å². The Balaban J connectivity index is 1.94. The number of fused-ring (bicyclic) bond motifs is 1. The summed E-state index contributed by atoms with van der Waals surface area (Å²) in [5, 5.41) is 3.09. The Morgan fingerprint density at radius 2 is 1.95 bits per heavy atom. The monoisotopic (exact) mass is 281 g/mol. The lowest BCUT2D eigenvalue weighted by molar-refractivity contribution is 0.204. The van der Waals surface area contributed by atoms with E-state index in [1.807, 2.05) is 0 Å². The topological polar surface area (TPSA) is 21.3 Å². The van der Waals surface area contributed by atoms with Crippen molar-refractivity contribution in [3.05, 3.63) is 58.6 Å². The molecular formula is C14H10ClF2NO. The van der Waals surface area contributed by atoms with E-state index in [1.54, 1.807) is 18.2 Å². The molecule has 0 aliphatic carbocycles. The van der Waals surface area contributed by atoms with E-state index < -0.39 is 11.9 Å². The van der Waals surface area contributed by atoms with E-state index >= 15 is 0 Å². The fourth-order valence-electron chi connectivity index (χ4n) is 2.07. The molecule has 98 valence electrons. The number of benzene rings is 2. The van der Waals surface area contributed by atoms with Gasteiger partial charge in [-0.15, -0.1) is 0 Å². The van der Waals surface area contributed by atoms with E-state index in [1.165, 1.54) is 18.2 Å². The zero-order valence-electron chi connectivity index (χ0n) is 9.79. The molecule has 3 rings (SSSR count). The van der Waals surface area contributed by atoms with Crippen molar-refractivity contribution in [2.24, 2.45) is 0 Å². The van der Waals surface area contributed by atoms with Gasteiger partial charge in [-0.3, -0.25) is 0 Å². The highest BCUT2D eigenvalue weighted by molar-refractivity contribution is 6.31. The number of nitrogens with one attached hydrogen (secondary N) is 1. The van der Waals surface area contributed by atoms with Gasteiger partial charge in [-0.1, -0.05) is 29.8 Å². The average Bonchev–Trinajstić information content (AvgIpc) is 2.40. The van der Waals surface area contributed by atoms with Gasteiger partial charge in [0.25, 0.3) is 0 Å². The maximum absolute atomic E-state index is 13.7. The summed E-state index contributed by atoms with van der Waals surface area (Å²) >= 11 is 5.69. The third-order valence-electron chi connectivity index (χ3n) is 3.02. The molecule has 2 nitrogen and oxygen atoms in total. The fourth-order valence-corrected chi connectivity index (χ4v) is 2.24. The zero-order valence-corrected chi connectivity index (χ0v) is 10.5. The van der Waals surface area contributed by atoms with Crippen LogP contribution in [0.1, 0.15) is 11.7 Å². The Kier molecular flexibility index (Phi) is 3.03. The van der Waals surface area contributed by atoms with Gasteiger partial charge in [-0.2, -0.15) is 0 Å². The van der Waals surface area contributed by atoms with Crippen LogP contribution in [-0.2, 0) is 0 Å². The van der Waals surface area contributed by atoms with Crippen molar-refractivity contribution in [3.63, 3.8) is 0 Å². The first-order valence-electron chi connectivity index (χ1n) is 5.79. The Morgan fingerprint density at radius 3 is 2.74 bits per heavy atom. The number of hydrogen-bond donors (Lipinski definition) is 1.